The number of rotatable bonds is 10. The van der Waals surface area contributed by atoms with Gasteiger partial charge in [-0.25, -0.2) is 4.79 Å². The zero-order valence-corrected chi connectivity index (χ0v) is 21.8. The molecule has 17 heteroatoms. The molecule has 0 fully saturated rings. The Morgan fingerprint density at radius 3 is 2.50 bits per heavy atom. The van der Waals surface area contributed by atoms with E-state index < -0.39 is 33.3 Å². The number of hydrogen-bond acceptors (Lipinski definition) is 13. The van der Waals surface area contributed by atoms with Crippen LogP contribution in [0.1, 0.15) is 11.3 Å². The van der Waals surface area contributed by atoms with E-state index in [-0.39, 0.29) is 44.2 Å². The molecule has 40 heavy (non-hydrogen) atoms. The van der Waals surface area contributed by atoms with Crippen molar-refractivity contribution in [1.82, 2.24) is 10.1 Å². The third kappa shape index (κ3) is 5.49. The van der Waals surface area contributed by atoms with Crippen molar-refractivity contribution in [2.45, 2.75) is 11.8 Å². The number of pyridine rings is 1. The van der Waals surface area contributed by atoms with Crippen molar-refractivity contribution >= 4 is 38.9 Å². The number of hydrogen-bond donors (Lipinski definition) is 4. The van der Waals surface area contributed by atoms with E-state index in [1.165, 1.54) is 39.3 Å². The van der Waals surface area contributed by atoms with Crippen molar-refractivity contribution in [2.75, 3.05) is 26.3 Å². The summed E-state index contributed by atoms with van der Waals surface area (Å²) in [5.41, 5.74) is 3.58. The van der Waals surface area contributed by atoms with Crippen LogP contribution in [0.3, 0.4) is 0 Å². The van der Waals surface area contributed by atoms with Gasteiger partial charge in [-0.15, -0.1) is 0 Å². The van der Waals surface area contributed by atoms with Gasteiger partial charge >= 0.3 is 5.97 Å². The Morgan fingerprint density at radius 2 is 1.90 bits per heavy atom. The van der Waals surface area contributed by atoms with Gasteiger partial charge in [0.25, 0.3) is 15.8 Å². The molecule has 0 spiro atoms. The predicted octanol–water partition coefficient (Wildman–Crippen LogP) is 1.71. The van der Waals surface area contributed by atoms with Crippen LogP contribution in [0.5, 0.6) is 23.0 Å². The highest BCUT2D eigenvalue weighted by Gasteiger charge is 2.23. The predicted molar refractivity (Wildman–Crippen MR) is 136 cm³/mol. The summed E-state index contributed by atoms with van der Waals surface area (Å²) in [4.78, 5) is 14.6. The molecule has 0 unspecified atom stereocenters. The minimum atomic E-state index is -4.65. The van der Waals surface area contributed by atoms with Gasteiger partial charge in [0.1, 0.15) is 4.90 Å². The number of phenolic OH excluding ortho intramolecular Hbond substituents is 1. The molecule has 2 aromatic carbocycles. The lowest BCUT2D eigenvalue weighted by Crippen LogP contribution is -2.25. The molecule has 0 atom stereocenters. The Morgan fingerprint density at radius 1 is 1.20 bits per heavy atom. The lowest BCUT2D eigenvalue weighted by atomic mass is 10.1. The molecule has 0 aliphatic carbocycles. The summed E-state index contributed by atoms with van der Waals surface area (Å²) in [6.07, 6.45) is 1.97. The highest BCUT2D eigenvalue weighted by Crippen LogP contribution is 2.39. The van der Waals surface area contributed by atoms with Gasteiger partial charge in [0.15, 0.2) is 29.6 Å². The number of ether oxygens (including phenoxy) is 3. The van der Waals surface area contributed by atoms with Crippen LogP contribution in [0.2, 0.25) is 0 Å². The Bertz CT molecular complexity index is 1750. The molecule has 4 N–H and O–H groups in total. The summed E-state index contributed by atoms with van der Waals surface area (Å²) < 4.78 is 53.3. The molecule has 2 aromatic heterocycles. The molecule has 0 radical (unpaired) electrons. The summed E-state index contributed by atoms with van der Waals surface area (Å²) in [7, 11) is -1.83. The van der Waals surface area contributed by atoms with Crippen molar-refractivity contribution in [3.63, 3.8) is 0 Å². The smallest absolute Gasteiger partial charge is 0.341 e. The highest BCUT2D eigenvalue weighted by molar-refractivity contribution is 7.85. The summed E-state index contributed by atoms with van der Waals surface area (Å²) in [6, 6.07) is 5.27. The average molecular weight is 576 g/mol. The molecule has 0 aliphatic rings. The molecule has 4 aromatic rings. The zero-order valence-electron chi connectivity index (χ0n) is 21.0. The largest absolute Gasteiger partial charge is 0.504 e. The van der Waals surface area contributed by atoms with Crippen molar-refractivity contribution in [3.8, 4) is 34.3 Å². The number of carbonyl (C=O) groups is 1. The average Bonchev–Trinajstić information content (AvgIpc) is 3.25. The second-order valence-corrected chi connectivity index (χ2v) is 9.44. The third-order valence-corrected chi connectivity index (χ3v) is 6.39. The third-order valence-electron chi connectivity index (χ3n) is 5.57. The number of nitrogens with zero attached hydrogens (tertiary/aromatic N) is 4. The molecule has 0 bridgehead atoms. The number of aromatic nitrogens is 3. The first kappa shape index (κ1) is 27.9. The number of nitrogens with one attached hydrogen (secondary N) is 1. The van der Waals surface area contributed by atoms with Crippen molar-refractivity contribution < 1.29 is 51.7 Å². The van der Waals surface area contributed by atoms with Gasteiger partial charge in [0.05, 0.1) is 37.2 Å². The van der Waals surface area contributed by atoms with Crippen molar-refractivity contribution in [3.05, 3.63) is 46.9 Å². The molecular weight excluding hydrogens is 554 g/mol. The van der Waals surface area contributed by atoms with Gasteiger partial charge in [-0.1, -0.05) is 0 Å². The summed E-state index contributed by atoms with van der Waals surface area (Å²) in [6.45, 7) is 0.692. The van der Waals surface area contributed by atoms with E-state index in [0.717, 1.165) is 18.5 Å². The molecule has 2 heterocycles. The number of methoxy groups -OCH3 is 2. The lowest BCUT2D eigenvalue weighted by Gasteiger charge is -2.13. The number of carboxylic acids is 1. The van der Waals surface area contributed by atoms with Gasteiger partial charge in [0.2, 0.25) is 5.69 Å². The fourth-order valence-corrected chi connectivity index (χ4v) is 4.08. The van der Waals surface area contributed by atoms with Crippen LogP contribution in [0.4, 0.5) is 5.69 Å². The fourth-order valence-electron chi connectivity index (χ4n) is 3.63. The zero-order chi connectivity index (χ0) is 29.2. The first-order chi connectivity index (χ1) is 18.9. The van der Waals surface area contributed by atoms with Gasteiger partial charge < -0.3 is 29.6 Å². The van der Waals surface area contributed by atoms with Crippen LogP contribution >= 0.6 is 0 Å². The maximum atomic E-state index is 11.8. The number of aliphatic carboxylic acids is 1. The number of benzene rings is 2. The first-order valence-electron chi connectivity index (χ1n) is 11.0. The number of phenols is 1. The summed E-state index contributed by atoms with van der Waals surface area (Å²) in [5, 5.41) is 39.5. The molecule has 0 amide bonds. The van der Waals surface area contributed by atoms with Crippen molar-refractivity contribution in [2.24, 2.45) is 5.10 Å². The van der Waals surface area contributed by atoms with Gasteiger partial charge in [-0.2, -0.15) is 13.5 Å². The SMILES string of the molecule is COc1cc(N/N=C/c2c(O)c(OCC(=O)O)cc3ncc(S(=O)(=O)O)cc23)c(-c2no[n+]([O-])c2C)cc1OC. The maximum absolute atomic E-state index is 11.8. The minimum Gasteiger partial charge on any atom is -0.504 e. The van der Waals surface area contributed by atoms with Gasteiger partial charge in [-0.3, -0.25) is 19.6 Å². The fraction of sp³-hybridized carbons (Fsp3) is 0.174. The first-order valence-corrected chi connectivity index (χ1v) is 12.5. The molecule has 4 rings (SSSR count). The minimum absolute atomic E-state index is 0.0353. The number of fused-ring (bicyclic) bond motifs is 1. The monoisotopic (exact) mass is 575 g/mol. The number of carboxylic acid groups (broad SMARTS) is 1. The van der Waals surface area contributed by atoms with E-state index in [4.69, 9.17) is 19.3 Å². The van der Waals surface area contributed by atoms with E-state index in [1.54, 1.807) is 0 Å². The number of aromatic hydroxyl groups is 1. The van der Waals surface area contributed by atoms with Gasteiger partial charge in [-0.05, 0) is 17.0 Å². The van der Waals surface area contributed by atoms with E-state index in [2.05, 4.69) is 25.3 Å². The molecule has 0 aliphatic heterocycles. The Labute approximate surface area is 225 Å². The second-order valence-electron chi connectivity index (χ2n) is 8.02. The van der Waals surface area contributed by atoms with E-state index in [0.29, 0.717) is 17.1 Å². The van der Waals surface area contributed by atoms with E-state index in [9.17, 15) is 28.1 Å². The van der Waals surface area contributed by atoms with Crippen molar-refractivity contribution in [1.29, 1.82) is 0 Å². The molecular formula is C23H21N5O11S. The second kappa shape index (κ2) is 10.9. The summed E-state index contributed by atoms with van der Waals surface area (Å²) in [5.74, 6) is -1.56. The van der Waals surface area contributed by atoms with Crippen LogP contribution in [-0.2, 0) is 14.9 Å². The van der Waals surface area contributed by atoms with Gasteiger partial charge in [0, 0.05) is 41.4 Å². The lowest BCUT2D eigenvalue weighted by molar-refractivity contribution is -0.806. The summed E-state index contributed by atoms with van der Waals surface area (Å²) >= 11 is 0. The van der Waals surface area contributed by atoms with Crippen LogP contribution in [0.15, 0.2) is 45.1 Å². The molecule has 0 saturated carbocycles. The normalized spacial score (nSPS) is 11.6. The number of hydrazone groups is 1. The number of anilines is 1. The van der Waals surface area contributed by atoms with Crippen LogP contribution in [0.25, 0.3) is 22.2 Å². The quantitative estimate of drug-likeness (QED) is 0.0913. The Kier molecular flexibility index (Phi) is 7.60. The Hall–Kier alpha value is -5.16. The topological polar surface area (TPSA) is 230 Å². The molecule has 0 saturated heterocycles. The standard InChI is InChI=1S/C23H21N5O11S/c1-11-22(27-39-28(11)32)14-5-18(36-2)19(37-3)7-17(14)26-25-9-15-13-4-12(40(33,34)35)8-24-16(13)6-20(23(15)31)38-10-21(29)30/h4-9,26,31H,10H2,1-3H3,(H,29,30)(H,33,34,35)/b25-9+. The van der Waals surface area contributed by atoms with Crippen LogP contribution in [0, 0.1) is 12.1 Å². The van der Waals surface area contributed by atoms with E-state index >= 15 is 0 Å². The Balaban J connectivity index is 1.84. The van der Waals surface area contributed by atoms with Crippen LogP contribution in [-0.4, -0.2) is 66.3 Å². The van der Waals surface area contributed by atoms with Crippen LogP contribution < -0.4 is 24.5 Å². The molecule has 16 nitrogen and oxygen atoms in total. The van der Waals surface area contributed by atoms with E-state index in [1.807, 2.05) is 0 Å². The molecule has 210 valence electrons. The highest BCUT2D eigenvalue weighted by atomic mass is 32.2. The maximum Gasteiger partial charge on any atom is 0.341 e.